The molecule has 132 valence electrons. The minimum atomic E-state index is -1.52. The van der Waals surface area contributed by atoms with Crippen LogP contribution in [0.5, 0.6) is 0 Å². The molecule has 0 amide bonds. The molecule has 6 atom stereocenters. The van der Waals surface area contributed by atoms with Gasteiger partial charge in [0.1, 0.15) is 24.4 Å². The standard InChI is InChI=1S/C16H26O7/c1-5-16(4,7-6-10(18)9(2)3)23-15-14(21)13(20)12(19)11(8-17)22-15/h5,11-15,17,19-21H,1-2,6-8H2,3-4H3. The Morgan fingerprint density at radius 3 is 2.39 bits per heavy atom. The zero-order valence-corrected chi connectivity index (χ0v) is 13.5. The smallest absolute Gasteiger partial charge is 0.187 e. The highest BCUT2D eigenvalue weighted by Crippen LogP contribution is 2.29. The first-order chi connectivity index (χ1) is 10.6. The van der Waals surface area contributed by atoms with Gasteiger partial charge in [0.15, 0.2) is 12.1 Å². The first-order valence-electron chi connectivity index (χ1n) is 7.46. The van der Waals surface area contributed by atoms with Crippen molar-refractivity contribution < 1.29 is 34.7 Å². The maximum Gasteiger partial charge on any atom is 0.187 e. The number of hydrogen-bond acceptors (Lipinski definition) is 7. The second kappa shape index (κ2) is 8.14. The van der Waals surface area contributed by atoms with Gasteiger partial charge in [-0.1, -0.05) is 12.7 Å². The Bertz CT molecular complexity index is 448. The Labute approximate surface area is 135 Å². The molecule has 23 heavy (non-hydrogen) atoms. The molecule has 4 N–H and O–H groups in total. The van der Waals surface area contributed by atoms with Crippen molar-refractivity contribution in [1.29, 1.82) is 0 Å². The van der Waals surface area contributed by atoms with Gasteiger partial charge in [-0.2, -0.15) is 0 Å². The van der Waals surface area contributed by atoms with Crippen LogP contribution in [0.4, 0.5) is 0 Å². The van der Waals surface area contributed by atoms with E-state index in [2.05, 4.69) is 13.2 Å². The lowest BCUT2D eigenvalue weighted by Gasteiger charge is -2.42. The van der Waals surface area contributed by atoms with Crippen LogP contribution in [0.25, 0.3) is 0 Å². The van der Waals surface area contributed by atoms with Crippen LogP contribution in [-0.2, 0) is 14.3 Å². The van der Waals surface area contributed by atoms with Gasteiger partial charge in [-0.05, 0) is 25.8 Å². The highest BCUT2D eigenvalue weighted by Gasteiger charge is 2.46. The van der Waals surface area contributed by atoms with Crippen LogP contribution in [0.15, 0.2) is 24.8 Å². The van der Waals surface area contributed by atoms with Gasteiger partial charge in [-0.3, -0.25) is 4.79 Å². The molecule has 0 aromatic rings. The molecule has 0 bridgehead atoms. The summed E-state index contributed by atoms with van der Waals surface area (Å²) in [6.45, 7) is 9.98. The third-order valence-corrected chi connectivity index (χ3v) is 3.99. The van der Waals surface area contributed by atoms with Crippen LogP contribution in [0, 0.1) is 0 Å². The number of aliphatic hydroxyl groups excluding tert-OH is 4. The van der Waals surface area contributed by atoms with E-state index in [4.69, 9.17) is 14.6 Å². The number of ketones is 1. The third kappa shape index (κ3) is 4.94. The summed E-state index contributed by atoms with van der Waals surface area (Å²) in [7, 11) is 0. The van der Waals surface area contributed by atoms with Crippen molar-refractivity contribution in [3.05, 3.63) is 24.8 Å². The normalized spacial score (nSPS) is 33.7. The van der Waals surface area contributed by atoms with Crippen LogP contribution in [0.1, 0.15) is 26.7 Å². The molecular formula is C16H26O7. The van der Waals surface area contributed by atoms with Crippen molar-refractivity contribution in [2.75, 3.05) is 6.61 Å². The Balaban J connectivity index is 2.78. The number of ether oxygens (including phenoxy) is 2. The van der Waals surface area contributed by atoms with Gasteiger partial charge in [0, 0.05) is 6.42 Å². The van der Waals surface area contributed by atoms with Crippen molar-refractivity contribution in [3.63, 3.8) is 0 Å². The lowest BCUT2D eigenvalue weighted by Crippen LogP contribution is -2.60. The molecule has 6 unspecified atom stereocenters. The number of allylic oxidation sites excluding steroid dienone is 1. The fourth-order valence-corrected chi connectivity index (χ4v) is 2.21. The molecule has 0 spiro atoms. The van der Waals surface area contributed by atoms with E-state index < -0.39 is 42.9 Å². The van der Waals surface area contributed by atoms with E-state index in [-0.39, 0.29) is 18.6 Å². The molecule has 1 aliphatic rings. The van der Waals surface area contributed by atoms with Crippen molar-refractivity contribution in [2.45, 2.75) is 63.0 Å². The van der Waals surface area contributed by atoms with Crippen molar-refractivity contribution in [2.24, 2.45) is 0 Å². The fraction of sp³-hybridized carbons (Fsp3) is 0.688. The SMILES string of the molecule is C=CC(C)(CCC(=O)C(=C)C)OC1OC(CO)C(O)C(O)C1O. The molecule has 1 rings (SSSR count). The van der Waals surface area contributed by atoms with Gasteiger partial charge < -0.3 is 29.9 Å². The summed E-state index contributed by atoms with van der Waals surface area (Å²) < 4.78 is 11.0. The summed E-state index contributed by atoms with van der Waals surface area (Å²) in [6.07, 6.45) is -4.86. The van der Waals surface area contributed by atoms with Crippen molar-refractivity contribution in [1.82, 2.24) is 0 Å². The predicted octanol–water partition coefficient (Wildman–Crippen LogP) is -0.327. The number of carbonyl (C=O) groups excluding carboxylic acids is 1. The Morgan fingerprint density at radius 1 is 1.30 bits per heavy atom. The van der Waals surface area contributed by atoms with Gasteiger partial charge in [0.25, 0.3) is 0 Å². The molecule has 7 nitrogen and oxygen atoms in total. The Kier molecular flexibility index (Phi) is 7.06. The minimum absolute atomic E-state index is 0.115. The van der Waals surface area contributed by atoms with Gasteiger partial charge in [0.2, 0.25) is 0 Å². The monoisotopic (exact) mass is 330 g/mol. The maximum absolute atomic E-state index is 11.7. The topological polar surface area (TPSA) is 116 Å². The van der Waals surface area contributed by atoms with Crippen molar-refractivity contribution >= 4 is 5.78 Å². The number of Topliss-reactive ketones (excluding diaryl/α,β-unsaturated/α-hetero) is 1. The molecule has 7 heteroatoms. The summed E-state index contributed by atoms with van der Waals surface area (Å²) in [5.74, 6) is -0.115. The van der Waals surface area contributed by atoms with Crippen LogP contribution in [-0.4, -0.2) is 69.1 Å². The fourth-order valence-electron chi connectivity index (χ4n) is 2.21. The van der Waals surface area contributed by atoms with Gasteiger partial charge >= 0.3 is 0 Å². The molecule has 0 aliphatic carbocycles. The van der Waals surface area contributed by atoms with Gasteiger partial charge in [-0.25, -0.2) is 0 Å². The predicted molar refractivity (Wildman–Crippen MR) is 82.5 cm³/mol. The van der Waals surface area contributed by atoms with E-state index in [1.54, 1.807) is 13.8 Å². The maximum atomic E-state index is 11.7. The molecule has 1 fully saturated rings. The summed E-state index contributed by atoms with van der Waals surface area (Å²) in [5.41, 5.74) is -0.567. The first kappa shape index (κ1) is 20.0. The Morgan fingerprint density at radius 2 is 1.91 bits per heavy atom. The van der Waals surface area contributed by atoms with E-state index in [1.807, 2.05) is 0 Å². The summed E-state index contributed by atoms with van der Waals surface area (Å²) in [6, 6.07) is 0. The number of carbonyl (C=O) groups is 1. The molecule has 0 radical (unpaired) electrons. The quantitative estimate of drug-likeness (QED) is 0.356. The second-order valence-electron chi connectivity index (χ2n) is 6.04. The van der Waals surface area contributed by atoms with Gasteiger partial charge in [0.05, 0.1) is 12.2 Å². The van der Waals surface area contributed by atoms with E-state index in [1.165, 1.54) is 6.08 Å². The van der Waals surface area contributed by atoms with Crippen LogP contribution in [0.2, 0.25) is 0 Å². The van der Waals surface area contributed by atoms with E-state index in [0.717, 1.165) is 0 Å². The van der Waals surface area contributed by atoms with E-state index >= 15 is 0 Å². The molecular weight excluding hydrogens is 304 g/mol. The second-order valence-corrected chi connectivity index (χ2v) is 6.04. The molecule has 1 saturated heterocycles. The Hall–Kier alpha value is -1.09. The van der Waals surface area contributed by atoms with E-state index in [9.17, 15) is 20.1 Å². The third-order valence-electron chi connectivity index (χ3n) is 3.99. The zero-order chi connectivity index (χ0) is 17.8. The highest BCUT2D eigenvalue weighted by molar-refractivity contribution is 5.94. The molecule has 0 aromatic carbocycles. The number of aliphatic hydroxyl groups is 4. The van der Waals surface area contributed by atoms with Crippen molar-refractivity contribution in [3.8, 4) is 0 Å². The van der Waals surface area contributed by atoms with E-state index in [0.29, 0.717) is 5.57 Å². The average molecular weight is 330 g/mol. The summed E-state index contributed by atoms with van der Waals surface area (Å²) in [4.78, 5) is 11.7. The summed E-state index contributed by atoms with van der Waals surface area (Å²) in [5, 5.41) is 38.7. The van der Waals surface area contributed by atoms with Crippen LogP contribution < -0.4 is 0 Å². The lowest BCUT2D eigenvalue weighted by molar-refractivity contribution is -0.319. The zero-order valence-electron chi connectivity index (χ0n) is 13.5. The lowest BCUT2D eigenvalue weighted by atomic mass is 9.95. The number of rotatable bonds is 8. The number of hydrogen-bond donors (Lipinski definition) is 4. The first-order valence-corrected chi connectivity index (χ1v) is 7.46. The molecule has 1 heterocycles. The minimum Gasteiger partial charge on any atom is -0.394 e. The van der Waals surface area contributed by atoms with Gasteiger partial charge in [-0.15, -0.1) is 6.58 Å². The molecule has 0 aromatic heterocycles. The molecule has 1 aliphatic heterocycles. The summed E-state index contributed by atoms with van der Waals surface area (Å²) >= 11 is 0. The molecule has 0 saturated carbocycles. The average Bonchev–Trinajstić information content (AvgIpc) is 2.53. The largest absolute Gasteiger partial charge is 0.394 e. The van der Waals surface area contributed by atoms with Crippen LogP contribution >= 0.6 is 0 Å². The highest BCUT2D eigenvalue weighted by atomic mass is 16.7. The van der Waals surface area contributed by atoms with Crippen LogP contribution in [0.3, 0.4) is 0 Å².